The molecule has 0 rings (SSSR count). The summed E-state index contributed by atoms with van der Waals surface area (Å²) in [5.41, 5.74) is 5.35. The lowest BCUT2D eigenvalue weighted by Crippen LogP contribution is -2.23. The van der Waals surface area contributed by atoms with Crippen LogP contribution >= 0.6 is 0 Å². The SMILES string of the molecule is C=CCC(=O)NCCCCCCN. The van der Waals surface area contributed by atoms with E-state index in [1.165, 1.54) is 0 Å². The zero-order valence-electron chi connectivity index (χ0n) is 8.22. The molecule has 3 nitrogen and oxygen atoms in total. The van der Waals surface area contributed by atoms with Gasteiger partial charge in [0.25, 0.3) is 0 Å². The average molecular weight is 184 g/mol. The number of unbranched alkanes of at least 4 members (excludes halogenated alkanes) is 3. The summed E-state index contributed by atoms with van der Waals surface area (Å²) in [6.07, 6.45) is 6.47. The third-order valence-corrected chi connectivity index (χ3v) is 1.78. The maximum absolute atomic E-state index is 10.9. The van der Waals surface area contributed by atoms with Crippen LogP contribution in [0, 0.1) is 0 Å². The molecule has 0 aliphatic carbocycles. The number of nitrogens with two attached hydrogens (primary N) is 1. The Morgan fingerprint density at radius 1 is 1.31 bits per heavy atom. The van der Waals surface area contributed by atoms with E-state index in [2.05, 4.69) is 11.9 Å². The van der Waals surface area contributed by atoms with Gasteiger partial charge in [-0.1, -0.05) is 18.9 Å². The van der Waals surface area contributed by atoms with E-state index in [9.17, 15) is 4.79 Å². The Morgan fingerprint density at radius 3 is 2.62 bits per heavy atom. The lowest BCUT2D eigenvalue weighted by Gasteiger charge is -2.02. The molecule has 0 fully saturated rings. The van der Waals surface area contributed by atoms with Crippen LogP contribution in [0.1, 0.15) is 32.1 Å². The second-order valence-corrected chi connectivity index (χ2v) is 3.05. The Labute approximate surface area is 80.4 Å². The Balaban J connectivity index is 3.06. The minimum absolute atomic E-state index is 0.0637. The summed E-state index contributed by atoms with van der Waals surface area (Å²) in [5, 5.41) is 2.82. The molecule has 3 N–H and O–H groups in total. The number of hydrogen-bond acceptors (Lipinski definition) is 2. The Morgan fingerprint density at radius 2 is 2.00 bits per heavy atom. The molecule has 0 aliphatic rings. The topological polar surface area (TPSA) is 55.1 Å². The van der Waals surface area contributed by atoms with Gasteiger partial charge in [-0.15, -0.1) is 6.58 Å². The summed E-state index contributed by atoms with van der Waals surface area (Å²) in [5.74, 6) is 0.0637. The van der Waals surface area contributed by atoms with Crippen molar-refractivity contribution >= 4 is 5.91 Å². The maximum atomic E-state index is 10.9. The van der Waals surface area contributed by atoms with Crippen molar-refractivity contribution in [1.29, 1.82) is 0 Å². The Kier molecular flexibility index (Phi) is 8.67. The molecule has 76 valence electrons. The molecular weight excluding hydrogens is 164 g/mol. The van der Waals surface area contributed by atoms with Crippen molar-refractivity contribution in [1.82, 2.24) is 5.32 Å². The van der Waals surface area contributed by atoms with Gasteiger partial charge in [0, 0.05) is 13.0 Å². The summed E-state index contributed by atoms with van der Waals surface area (Å²) in [7, 11) is 0. The molecule has 0 aliphatic heterocycles. The number of rotatable bonds is 8. The minimum atomic E-state index is 0.0637. The van der Waals surface area contributed by atoms with Crippen molar-refractivity contribution in [2.45, 2.75) is 32.1 Å². The van der Waals surface area contributed by atoms with Gasteiger partial charge in [-0.2, -0.15) is 0 Å². The molecule has 0 saturated carbocycles. The quantitative estimate of drug-likeness (QED) is 0.440. The third kappa shape index (κ3) is 9.08. The van der Waals surface area contributed by atoms with Gasteiger partial charge >= 0.3 is 0 Å². The van der Waals surface area contributed by atoms with Crippen molar-refractivity contribution in [3.63, 3.8) is 0 Å². The van der Waals surface area contributed by atoms with Crippen LogP contribution < -0.4 is 11.1 Å². The molecule has 0 aromatic carbocycles. The highest BCUT2D eigenvalue weighted by atomic mass is 16.1. The van der Waals surface area contributed by atoms with E-state index >= 15 is 0 Å². The molecule has 0 saturated heterocycles. The summed E-state index contributed by atoms with van der Waals surface area (Å²) < 4.78 is 0. The summed E-state index contributed by atoms with van der Waals surface area (Å²) in [6.45, 7) is 5.04. The van der Waals surface area contributed by atoms with Crippen LogP contribution in [0.2, 0.25) is 0 Å². The zero-order chi connectivity index (χ0) is 9.94. The average Bonchev–Trinajstić information content (AvgIpc) is 2.11. The first-order chi connectivity index (χ1) is 6.31. The molecule has 0 aromatic heterocycles. The van der Waals surface area contributed by atoms with Crippen LogP contribution in [-0.2, 0) is 4.79 Å². The standard InChI is InChI=1S/C10H20N2O/c1-2-7-10(13)12-9-6-4-3-5-8-11/h2H,1,3-9,11H2,(H,12,13). The Hall–Kier alpha value is -0.830. The second kappa shape index (κ2) is 9.26. The lowest BCUT2D eigenvalue weighted by atomic mass is 10.2. The van der Waals surface area contributed by atoms with Crippen molar-refractivity contribution in [2.24, 2.45) is 5.73 Å². The molecular formula is C10H20N2O. The predicted octanol–water partition coefficient (Wildman–Crippen LogP) is 1.20. The first-order valence-electron chi connectivity index (χ1n) is 4.89. The highest BCUT2D eigenvalue weighted by Gasteiger charge is 1.95. The predicted molar refractivity (Wildman–Crippen MR) is 55.3 cm³/mol. The highest BCUT2D eigenvalue weighted by Crippen LogP contribution is 1.96. The number of nitrogens with one attached hydrogen (secondary N) is 1. The molecule has 0 unspecified atom stereocenters. The van der Waals surface area contributed by atoms with Gasteiger partial charge < -0.3 is 11.1 Å². The normalized spacial score (nSPS) is 9.62. The monoisotopic (exact) mass is 184 g/mol. The fourth-order valence-electron chi connectivity index (χ4n) is 1.05. The van der Waals surface area contributed by atoms with E-state index in [0.717, 1.165) is 38.8 Å². The molecule has 1 amide bonds. The van der Waals surface area contributed by atoms with Crippen molar-refractivity contribution in [3.8, 4) is 0 Å². The van der Waals surface area contributed by atoms with Gasteiger partial charge in [0.1, 0.15) is 0 Å². The summed E-state index contributed by atoms with van der Waals surface area (Å²) >= 11 is 0. The van der Waals surface area contributed by atoms with Crippen LogP contribution in [0.3, 0.4) is 0 Å². The fourth-order valence-corrected chi connectivity index (χ4v) is 1.05. The van der Waals surface area contributed by atoms with Gasteiger partial charge in [0.15, 0.2) is 0 Å². The van der Waals surface area contributed by atoms with E-state index < -0.39 is 0 Å². The molecule has 0 heterocycles. The third-order valence-electron chi connectivity index (χ3n) is 1.78. The molecule has 0 bridgehead atoms. The Bertz CT molecular complexity index is 146. The lowest BCUT2D eigenvalue weighted by molar-refractivity contribution is -0.120. The van der Waals surface area contributed by atoms with Gasteiger partial charge in [-0.05, 0) is 19.4 Å². The van der Waals surface area contributed by atoms with Crippen molar-refractivity contribution in [3.05, 3.63) is 12.7 Å². The summed E-state index contributed by atoms with van der Waals surface area (Å²) in [4.78, 5) is 10.9. The van der Waals surface area contributed by atoms with Gasteiger partial charge in [0.2, 0.25) is 5.91 Å². The first kappa shape index (κ1) is 12.2. The smallest absolute Gasteiger partial charge is 0.223 e. The first-order valence-corrected chi connectivity index (χ1v) is 4.89. The molecule has 0 atom stereocenters. The largest absolute Gasteiger partial charge is 0.356 e. The molecule has 0 aromatic rings. The number of hydrogen-bond donors (Lipinski definition) is 2. The van der Waals surface area contributed by atoms with E-state index in [1.54, 1.807) is 6.08 Å². The highest BCUT2D eigenvalue weighted by molar-refractivity contribution is 5.77. The van der Waals surface area contributed by atoms with Gasteiger partial charge in [-0.3, -0.25) is 4.79 Å². The number of amides is 1. The number of carbonyl (C=O) groups excluding carboxylic acids is 1. The molecule has 3 heteroatoms. The van der Waals surface area contributed by atoms with Crippen molar-refractivity contribution in [2.75, 3.05) is 13.1 Å². The minimum Gasteiger partial charge on any atom is -0.356 e. The molecule has 0 radical (unpaired) electrons. The van der Waals surface area contributed by atoms with Crippen LogP contribution in [0.25, 0.3) is 0 Å². The van der Waals surface area contributed by atoms with E-state index in [0.29, 0.717) is 6.42 Å². The molecule has 0 spiro atoms. The van der Waals surface area contributed by atoms with E-state index in [1.807, 2.05) is 0 Å². The van der Waals surface area contributed by atoms with Crippen molar-refractivity contribution < 1.29 is 4.79 Å². The number of carbonyl (C=O) groups is 1. The second-order valence-electron chi connectivity index (χ2n) is 3.05. The van der Waals surface area contributed by atoms with Crippen LogP contribution in [0.15, 0.2) is 12.7 Å². The zero-order valence-corrected chi connectivity index (χ0v) is 8.22. The fraction of sp³-hybridized carbons (Fsp3) is 0.700. The van der Waals surface area contributed by atoms with Gasteiger partial charge in [-0.25, -0.2) is 0 Å². The van der Waals surface area contributed by atoms with Crippen LogP contribution in [-0.4, -0.2) is 19.0 Å². The van der Waals surface area contributed by atoms with E-state index in [4.69, 9.17) is 5.73 Å². The van der Waals surface area contributed by atoms with Crippen LogP contribution in [0.5, 0.6) is 0 Å². The summed E-state index contributed by atoms with van der Waals surface area (Å²) in [6, 6.07) is 0. The van der Waals surface area contributed by atoms with Gasteiger partial charge in [0.05, 0.1) is 0 Å². The maximum Gasteiger partial charge on any atom is 0.223 e. The molecule has 13 heavy (non-hydrogen) atoms. The van der Waals surface area contributed by atoms with Crippen LogP contribution in [0.4, 0.5) is 0 Å². The van der Waals surface area contributed by atoms with E-state index in [-0.39, 0.29) is 5.91 Å².